The maximum Gasteiger partial charge on any atom is 0.138 e. The number of carbonyl (C=O) groups excluding carboxylic acids is 1. The summed E-state index contributed by atoms with van der Waals surface area (Å²) in [5.74, 6) is 0.812. The molecule has 3 rings (SSSR count). The monoisotopic (exact) mass is 140 g/mol. The molecule has 1 N–H and O–H groups in total. The standard InChI is InChI=1S/C8H12O2/c9-7-3-5-1-2-6(7)8(10)4-5/h5-7,9H,1-4H2/t5-,6+,7-/m1/s1. The zero-order chi connectivity index (χ0) is 7.14. The first kappa shape index (κ1) is 6.35. The summed E-state index contributed by atoms with van der Waals surface area (Å²) in [4.78, 5) is 11.1. The van der Waals surface area contributed by atoms with Gasteiger partial charge in [0.2, 0.25) is 0 Å². The highest BCUT2D eigenvalue weighted by Crippen LogP contribution is 2.38. The SMILES string of the molecule is O=C1C[C@@H]2CC[C@H]1[C@H](O)C2. The molecular weight excluding hydrogens is 128 g/mol. The first-order valence-corrected chi connectivity index (χ1v) is 3.98. The minimum Gasteiger partial charge on any atom is -0.392 e. The summed E-state index contributed by atoms with van der Waals surface area (Å²) in [5, 5.41) is 9.35. The fourth-order valence-corrected chi connectivity index (χ4v) is 2.23. The normalized spacial score (nSPS) is 46.1. The lowest BCUT2D eigenvalue weighted by Gasteiger charge is -2.38. The van der Waals surface area contributed by atoms with E-state index in [1.807, 2.05) is 0 Å². The lowest BCUT2D eigenvalue weighted by molar-refractivity contribution is -0.136. The smallest absolute Gasteiger partial charge is 0.138 e. The third-order valence-electron chi connectivity index (χ3n) is 2.83. The fourth-order valence-electron chi connectivity index (χ4n) is 2.23. The maximum absolute atomic E-state index is 11.1. The highest BCUT2D eigenvalue weighted by atomic mass is 16.3. The van der Waals surface area contributed by atoms with Crippen LogP contribution in [0, 0.1) is 11.8 Å². The summed E-state index contributed by atoms with van der Waals surface area (Å²) in [6.45, 7) is 0. The van der Waals surface area contributed by atoms with Crippen molar-refractivity contribution in [1.29, 1.82) is 0 Å². The van der Waals surface area contributed by atoms with Gasteiger partial charge in [0, 0.05) is 12.3 Å². The first-order chi connectivity index (χ1) is 4.77. The van der Waals surface area contributed by atoms with E-state index in [4.69, 9.17) is 0 Å². The summed E-state index contributed by atoms with van der Waals surface area (Å²) in [6, 6.07) is 0. The van der Waals surface area contributed by atoms with Crippen molar-refractivity contribution in [1.82, 2.24) is 0 Å². The lowest BCUT2D eigenvalue weighted by Crippen LogP contribution is -2.41. The number of Topliss-reactive ketones (excluding diaryl/α,β-unsaturated/α-hetero) is 1. The van der Waals surface area contributed by atoms with Gasteiger partial charge in [-0.3, -0.25) is 4.79 Å². The van der Waals surface area contributed by atoms with Crippen LogP contribution >= 0.6 is 0 Å². The highest BCUT2D eigenvalue weighted by molar-refractivity contribution is 5.83. The molecule has 56 valence electrons. The van der Waals surface area contributed by atoms with E-state index < -0.39 is 0 Å². The average Bonchev–Trinajstić information content (AvgIpc) is 1.86. The first-order valence-electron chi connectivity index (χ1n) is 3.98. The third kappa shape index (κ3) is 0.788. The number of aliphatic hydroxyl groups excluding tert-OH is 1. The summed E-state index contributed by atoms with van der Waals surface area (Å²) >= 11 is 0. The summed E-state index contributed by atoms with van der Waals surface area (Å²) in [7, 11) is 0. The molecule has 0 unspecified atom stereocenters. The van der Waals surface area contributed by atoms with Crippen molar-refractivity contribution >= 4 is 5.78 Å². The molecule has 0 aliphatic heterocycles. The zero-order valence-corrected chi connectivity index (χ0v) is 5.92. The van der Waals surface area contributed by atoms with Crippen LogP contribution in [-0.2, 0) is 4.79 Å². The fraction of sp³-hybridized carbons (Fsp3) is 0.875. The molecule has 0 amide bonds. The van der Waals surface area contributed by atoms with Crippen molar-refractivity contribution in [2.45, 2.75) is 31.8 Å². The van der Waals surface area contributed by atoms with E-state index >= 15 is 0 Å². The number of hydrogen-bond donors (Lipinski definition) is 1. The topological polar surface area (TPSA) is 37.3 Å². The molecule has 2 nitrogen and oxygen atoms in total. The van der Waals surface area contributed by atoms with E-state index in [0.29, 0.717) is 11.7 Å². The Morgan fingerprint density at radius 2 is 2.20 bits per heavy atom. The van der Waals surface area contributed by atoms with Gasteiger partial charge in [-0.25, -0.2) is 0 Å². The van der Waals surface area contributed by atoms with Crippen molar-refractivity contribution in [3.63, 3.8) is 0 Å². The van der Waals surface area contributed by atoms with Crippen molar-refractivity contribution < 1.29 is 9.90 Å². The molecule has 10 heavy (non-hydrogen) atoms. The second kappa shape index (κ2) is 2.06. The van der Waals surface area contributed by atoms with Crippen LogP contribution in [0.1, 0.15) is 25.7 Å². The quantitative estimate of drug-likeness (QED) is 0.538. The van der Waals surface area contributed by atoms with Crippen molar-refractivity contribution in [3.05, 3.63) is 0 Å². The van der Waals surface area contributed by atoms with Gasteiger partial charge in [-0.1, -0.05) is 0 Å². The number of carbonyl (C=O) groups is 1. The van der Waals surface area contributed by atoms with Crippen LogP contribution in [-0.4, -0.2) is 17.0 Å². The third-order valence-corrected chi connectivity index (χ3v) is 2.83. The molecule has 3 aliphatic rings. The van der Waals surface area contributed by atoms with E-state index in [0.717, 1.165) is 25.7 Å². The molecule has 3 atom stereocenters. The van der Waals surface area contributed by atoms with Gasteiger partial charge in [0.25, 0.3) is 0 Å². The largest absolute Gasteiger partial charge is 0.392 e. The molecule has 0 aromatic carbocycles. The minimum absolute atomic E-state index is 0.00463. The molecule has 2 heteroatoms. The second-order valence-corrected chi connectivity index (χ2v) is 3.52. The molecule has 2 bridgehead atoms. The predicted octanol–water partition coefficient (Wildman–Crippen LogP) is 0.736. The van der Waals surface area contributed by atoms with E-state index in [-0.39, 0.29) is 12.0 Å². The average molecular weight is 140 g/mol. The Labute approximate surface area is 60.2 Å². The van der Waals surface area contributed by atoms with Crippen LogP contribution in [0.15, 0.2) is 0 Å². The van der Waals surface area contributed by atoms with Gasteiger partial charge in [-0.15, -0.1) is 0 Å². The molecule has 0 aromatic rings. The van der Waals surface area contributed by atoms with Gasteiger partial charge in [0.15, 0.2) is 0 Å². The summed E-state index contributed by atoms with van der Waals surface area (Å²) < 4.78 is 0. The van der Waals surface area contributed by atoms with Crippen molar-refractivity contribution in [3.8, 4) is 0 Å². The molecule has 3 saturated carbocycles. The lowest BCUT2D eigenvalue weighted by atomic mass is 9.68. The Kier molecular flexibility index (Phi) is 1.31. The van der Waals surface area contributed by atoms with Gasteiger partial charge in [0.05, 0.1) is 6.10 Å². The van der Waals surface area contributed by atoms with E-state index in [9.17, 15) is 9.90 Å². The highest BCUT2D eigenvalue weighted by Gasteiger charge is 2.40. The summed E-state index contributed by atoms with van der Waals surface area (Å²) in [6.07, 6.45) is 3.40. The van der Waals surface area contributed by atoms with Crippen LogP contribution in [0.3, 0.4) is 0 Å². The van der Waals surface area contributed by atoms with Crippen molar-refractivity contribution in [2.24, 2.45) is 11.8 Å². The number of aliphatic hydroxyl groups is 1. The number of rotatable bonds is 0. The van der Waals surface area contributed by atoms with Crippen LogP contribution < -0.4 is 0 Å². The molecule has 0 spiro atoms. The Morgan fingerprint density at radius 3 is 2.60 bits per heavy atom. The molecule has 0 aromatic heterocycles. The van der Waals surface area contributed by atoms with E-state index in [1.165, 1.54) is 0 Å². The van der Waals surface area contributed by atoms with Gasteiger partial charge in [-0.2, -0.15) is 0 Å². The van der Waals surface area contributed by atoms with E-state index in [1.54, 1.807) is 0 Å². The molecule has 0 saturated heterocycles. The summed E-state index contributed by atoms with van der Waals surface area (Å²) in [5.41, 5.74) is 0. The number of fused-ring (bicyclic) bond motifs is 3. The molecule has 0 radical (unpaired) electrons. The Balaban J connectivity index is 2.18. The van der Waals surface area contributed by atoms with Crippen LogP contribution in [0.25, 0.3) is 0 Å². The second-order valence-electron chi connectivity index (χ2n) is 3.52. The number of hydrogen-bond acceptors (Lipinski definition) is 2. The van der Waals surface area contributed by atoms with Crippen LogP contribution in [0.5, 0.6) is 0 Å². The Hall–Kier alpha value is -0.370. The zero-order valence-electron chi connectivity index (χ0n) is 5.92. The molecular formula is C8H12O2. The van der Waals surface area contributed by atoms with Gasteiger partial charge in [0.1, 0.15) is 5.78 Å². The van der Waals surface area contributed by atoms with Crippen molar-refractivity contribution in [2.75, 3.05) is 0 Å². The Morgan fingerprint density at radius 1 is 1.40 bits per heavy atom. The van der Waals surface area contributed by atoms with Gasteiger partial charge in [-0.05, 0) is 25.2 Å². The Bertz CT molecular complexity index is 165. The molecule has 3 fully saturated rings. The van der Waals surface area contributed by atoms with Gasteiger partial charge < -0.3 is 5.11 Å². The molecule has 0 heterocycles. The molecule has 3 aliphatic carbocycles. The van der Waals surface area contributed by atoms with E-state index in [2.05, 4.69) is 0 Å². The predicted molar refractivity (Wildman–Crippen MR) is 36.5 cm³/mol. The maximum atomic E-state index is 11.1. The van der Waals surface area contributed by atoms with Crippen LogP contribution in [0.2, 0.25) is 0 Å². The minimum atomic E-state index is -0.306. The van der Waals surface area contributed by atoms with Crippen LogP contribution in [0.4, 0.5) is 0 Å². The number of ketones is 1. The van der Waals surface area contributed by atoms with Gasteiger partial charge >= 0.3 is 0 Å².